The minimum Gasteiger partial charge on any atom is -0.311 e. The molecule has 3 rings (SSSR count). The van der Waals surface area contributed by atoms with Crippen molar-refractivity contribution < 1.29 is 0 Å². The first-order valence-corrected chi connectivity index (χ1v) is 7.12. The molecule has 1 aromatic heterocycles. The number of nitrogens with one attached hydrogen (secondary N) is 1. The first-order valence-electron chi connectivity index (χ1n) is 6.33. The molecule has 1 aliphatic heterocycles. The Balaban J connectivity index is 1.91. The van der Waals surface area contributed by atoms with E-state index in [0.29, 0.717) is 6.04 Å². The molecule has 0 radical (unpaired) electrons. The van der Waals surface area contributed by atoms with Crippen molar-refractivity contribution in [2.75, 3.05) is 6.54 Å². The van der Waals surface area contributed by atoms with Gasteiger partial charge in [0.05, 0.1) is 11.7 Å². The van der Waals surface area contributed by atoms with Gasteiger partial charge >= 0.3 is 0 Å². The summed E-state index contributed by atoms with van der Waals surface area (Å²) in [6.07, 6.45) is 7.83. The summed E-state index contributed by atoms with van der Waals surface area (Å²) in [5, 5.41) is 8.17. The lowest BCUT2D eigenvalue weighted by Gasteiger charge is -2.22. The van der Waals surface area contributed by atoms with Crippen LogP contribution in [-0.2, 0) is 13.0 Å². The third-order valence-corrected chi connectivity index (χ3v) is 4.63. The molecular formula is C12H18BrN3. The molecule has 0 aromatic carbocycles. The van der Waals surface area contributed by atoms with Crippen molar-refractivity contribution in [2.45, 2.75) is 51.1 Å². The van der Waals surface area contributed by atoms with E-state index in [2.05, 4.69) is 25.9 Å². The standard InChI is InChI=1S/C12H18BrN3/c13-12-10-6-7-14-8-11(10)15-16(12)9-4-2-1-3-5-9/h9,14H,1-8H2. The van der Waals surface area contributed by atoms with Crippen LogP contribution in [0.2, 0.25) is 0 Å². The summed E-state index contributed by atoms with van der Waals surface area (Å²) < 4.78 is 3.49. The molecule has 0 amide bonds. The van der Waals surface area contributed by atoms with Gasteiger partial charge in [-0.2, -0.15) is 5.10 Å². The molecule has 1 N–H and O–H groups in total. The number of hydrogen-bond donors (Lipinski definition) is 1. The topological polar surface area (TPSA) is 29.9 Å². The maximum atomic E-state index is 4.78. The highest BCUT2D eigenvalue weighted by atomic mass is 79.9. The molecule has 2 heterocycles. The summed E-state index contributed by atoms with van der Waals surface area (Å²) in [5.41, 5.74) is 2.69. The van der Waals surface area contributed by atoms with Gasteiger partial charge in [-0.25, -0.2) is 0 Å². The van der Waals surface area contributed by atoms with E-state index in [1.807, 2.05) is 0 Å². The SMILES string of the molecule is Brc1c2c(nn1C1CCCCC1)CNCC2. The van der Waals surface area contributed by atoms with Gasteiger partial charge in [0.1, 0.15) is 4.60 Å². The van der Waals surface area contributed by atoms with Gasteiger partial charge in [0, 0.05) is 12.1 Å². The molecule has 2 aliphatic rings. The molecule has 0 atom stereocenters. The monoisotopic (exact) mass is 283 g/mol. The molecule has 1 saturated carbocycles. The van der Waals surface area contributed by atoms with Crippen molar-refractivity contribution in [3.63, 3.8) is 0 Å². The van der Waals surface area contributed by atoms with Crippen LogP contribution in [0.15, 0.2) is 4.60 Å². The first kappa shape index (κ1) is 10.8. The van der Waals surface area contributed by atoms with Crippen LogP contribution in [0.5, 0.6) is 0 Å². The Kier molecular flexibility index (Phi) is 3.03. The van der Waals surface area contributed by atoms with Crippen molar-refractivity contribution in [1.82, 2.24) is 15.1 Å². The largest absolute Gasteiger partial charge is 0.311 e. The van der Waals surface area contributed by atoms with Crippen molar-refractivity contribution in [3.8, 4) is 0 Å². The number of aromatic nitrogens is 2. The van der Waals surface area contributed by atoms with Gasteiger partial charge in [-0.3, -0.25) is 4.68 Å². The Morgan fingerprint density at radius 2 is 2.06 bits per heavy atom. The lowest BCUT2D eigenvalue weighted by atomic mass is 9.96. The second-order valence-electron chi connectivity index (χ2n) is 4.88. The third-order valence-electron chi connectivity index (χ3n) is 3.79. The van der Waals surface area contributed by atoms with Gasteiger partial charge < -0.3 is 5.32 Å². The fourth-order valence-electron chi connectivity index (χ4n) is 2.87. The molecule has 1 aromatic rings. The Labute approximate surface area is 105 Å². The molecule has 4 heteroatoms. The normalized spacial score (nSPS) is 22.1. The van der Waals surface area contributed by atoms with Crippen molar-refractivity contribution in [2.24, 2.45) is 0 Å². The maximum Gasteiger partial charge on any atom is 0.107 e. The highest BCUT2D eigenvalue weighted by molar-refractivity contribution is 9.10. The number of halogens is 1. The van der Waals surface area contributed by atoms with Crippen molar-refractivity contribution in [1.29, 1.82) is 0 Å². The van der Waals surface area contributed by atoms with Crippen LogP contribution in [0.25, 0.3) is 0 Å². The summed E-state index contributed by atoms with van der Waals surface area (Å²) >= 11 is 3.75. The molecule has 0 saturated heterocycles. The van der Waals surface area contributed by atoms with Crippen LogP contribution in [0, 0.1) is 0 Å². The molecule has 3 nitrogen and oxygen atoms in total. The van der Waals surface area contributed by atoms with Crippen LogP contribution in [0.1, 0.15) is 49.4 Å². The van der Waals surface area contributed by atoms with E-state index in [1.54, 1.807) is 0 Å². The summed E-state index contributed by atoms with van der Waals surface area (Å²) in [5.74, 6) is 0. The average Bonchev–Trinajstić information content (AvgIpc) is 2.69. The highest BCUT2D eigenvalue weighted by Crippen LogP contribution is 2.33. The molecule has 1 aliphatic carbocycles. The Hall–Kier alpha value is -0.350. The van der Waals surface area contributed by atoms with E-state index in [9.17, 15) is 0 Å². The van der Waals surface area contributed by atoms with E-state index >= 15 is 0 Å². The Morgan fingerprint density at radius 3 is 2.81 bits per heavy atom. The second-order valence-corrected chi connectivity index (χ2v) is 5.63. The van der Waals surface area contributed by atoms with Crippen LogP contribution < -0.4 is 5.32 Å². The summed E-state index contributed by atoms with van der Waals surface area (Å²) in [7, 11) is 0. The summed E-state index contributed by atoms with van der Waals surface area (Å²) in [6.45, 7) is 2.02. The minimum absolute atomic E-state index is 0.633. The molecule has 1 fully saturated rings. The zero-order chi connectivity index (χ0) is 11.0. The lowest BCUT2D eigenvalue weighted by Crippen LogP contribution is -2.23. The quantitative estimate of drug-likeness (QED) is 0.859. The Bertz CT molecular complexity index is 380. The van der Waals surface area contributed by atoms with Gasteiger partial charge in [0.15, 0.2) is 0 Å². The van der Waals surface area contributed by atoms with Gasteiger partial charge in [0.25, 0.3) is 0 Å². The maximum absolute atomic E-state index is 4.78. The van der Waals surface area contributed by atoms with Crippen LogP contribution >= 0.6 is 15.9 Å². The van der Waals surface area contributed by atoms with Gasteiger partial charge in [-0.05, 0) is 41.7 Å². The minimum atomic E-state index is 0.633. The molecule has 16 heavy (non-hydrogen) atoms. The molecule has 0 bridgehead atoms. The van der Waals surface area contributed by atoms with Crippen LogP contribution in [-0.4, -0.2) is 16.3 Å². The number of rotatable bonds is 1. The van der Waals surface area contributed by atoms with E-state index in [0.717, 1.165) is 19.5 Å². The lowest BCUT2D eigenvalue weighted by molar-refractivity contribution is 0.323. The van der Waals surface area contributed by atoms with Crippen LogP contribution in [0.3, 0.4) is 0 Å². The molecule has 0 unspecified atom stereocenters. The number of fused-ring (bicyclic) bond motifs is 1. The highest BCUT2D eigenvalue weighted by Gasteiger charge is 2.24. The van der Waals surface area contributed by atoms with Crippen molar-refractivity contribution >= 4 is 15.9 Å². The van der Waals surface area contributed by atoms with Gasteiger partial charge in [-0.1, -0.05) is 19.3 Å². The van der Waals surface area contributed by atoms with Gasteiger partial charge in [0.2, 0.25) is 0 Å². The first-order chi connectivity index (χ1) is 7.86. The predicted octanol–water partition coefficient (Wildman–Crippen LogP) is 2.80. The van der Waals surface area contributed by atoms with E-state index in [-0.39, 0.29) is 0 Å². The smallest absolute Gasteiger partial charge is 0.107 e. The second kappa shape index (κ2) is 4.49. The zero-order valence-corrected chi connectivity index (χ0v) is 11.1. The Morgan fingerprint density at radius 1 is 1.25 bits per heavy atom. The van der Waals surface area contributed by atoms with E-state index in [1.165, 1.54) is 48.0 Å². The van der Waals surface area contributed by atoms with Crippen molar-refractivity contribution in [3.05, 3.63) is 15.9 Å². The van der Waals surface area contributed by atoms with Crippen LogP contribution in [0.4, 0.5) is 0 Å². The summed E-state index contributed by atoms with van der Waals surface area (Å²) in [4.78, 5) is 0. The number of nitrogens with zero attached hydrogens (tertiary/aromatic N) is 2. The van der Waals surface area contributed by atoms with E-state index < -0.39 is 0 Å². The third kappa shape index (κ3) is 1.82. The zero-order valence-electron chi connectivity index (χ0n) is 9.51. The number of hydrogen-bond acceptors (Lipinski definition) is 2. The predicted molar refractivity (Wildman–Crippen MR) is 67.5 cm³/mol. The summed E-state index contributed by atoms with van der Waals surface area (Å²) in [6, 6.07) is 0.633. The fourth-order valence-corrected chi connectivity index (χ4v) is 3.66. The fraction of sp³-hybridized carbons (Fsp3) is 0.750. The molecule has 0 spiro atoms. The van der Waals surface area contributed by atoms with Gasteiger partial charge in [-0.15, -0.1) is 0 Å². The molecule has 88 valence electrons. The average molecular weight is 284 g/mol. The van der Waals surface area contributed by atoms with E-state index in [4.69, 9.17) is 5.10 Å². The molecular weight excluding hydrogens is 266 g/mol.